The van der Waals surface area contributed by atoms with Gasteiger partial charge in [-0.1, -0.05) is 49.7 Å². The summed E-state index contributed by atoms with van der Waals surface area (Å²) >= 11 is 7.76. The number of H-pyrrole nitrogens is 1. The van der Waals surface area contributed by atoms with Crippen molar-refractivity contribution in [3.8, 4) is 28.6 Å². The number of likely N-dealkylation sites (tertiary alicyclic amines) is 1. The number of phenolic OH excluding ortho intramolecular Hbond substituents is 2. The Morgan fingerprint density at radius 2 is 1.71 bits per heavy atom. The van der Waals surface area contributed by atoms with Gasteiger partial charge in [-0.15, -0.1) is 11.3 Å². The number of carbonyl (C=O) groups is 1. The molecule has 3 aromatic carbocycles. The van der Waals surface area contributed by atoms with E-state index in [0.717, 1.165) is 51.4 Å². The highest BCUT2D eigenvalue weighted by Crippen LogP contribution is 2.41. The molecule has 56 heavy (non-hydrogen) atoms. The van der Waals surface area contributed by atoms with Gasteiger partial charge in [-0.05, 0) is 98.9 Å². The zero-order chi connectivity index (χ0) is 40.0. The number of nitrogens with one attached hydrogen (secondary N) is 3. The third-order valence-corrected chi connectivity index (χ3v) is 12.3. The molecule has 0 radical (unpaired) electrons. The standard InChI is InChI=1S/C42H45ClN8O4S/c1-22(2)31-19-32(35(53)21-34(31)52)40-47-48-42(55)51(40)30-12-6-26(7-13-30)18-27-14-16-49(17-15-27)36(54)20-33-39(45)50(25(5)44)41-37(23(3)24(4)56-41)38(46-33)28-8-10-29(43)11-9-28/h6-13,19,21-22,27,33,44-45,52-53H,14-18,20H2,1-5H3,(H,48,55)/t33-/m0/s1. The number of aryl methyl sites for hydroxylation is 1. The van der Waals surface area contributed by atoms with Gasteiger partial charge in [0.05, 0.1) is 23.4 Å². The Hall–Kier alpha value is -5.53. The number of fused-ring (bicyclic) bond motifs is 1. The number of aromatic amines is 1. The number of anilines is 1. The summed E-state index contributed by atoms with van der Waals surface area (Å²) in [5.74, 6) is 0.633. The van der Waals surface area contributed by atoms with Gasteiger partial charge in [0.2, 0.25) is 5.91 Å². The van der Waals surface area contributed by atoms with E-state index < -0.39 is 11.7 Å². The van der Waals surface area contributed by atoms with Gasteiger partial charge in [0, 0.05) is 40.2 Å². The van der Waals surface area contributed by atoms with Crippen LogP contribution in [0.1, 0.15) is 78.6 Å². The molecule has 7 rings (SSSR count). The first-order valence-corrected chi connectivity index (χ1v) is 19.9. The van der Waals surface area contributed by atoms with Gasteiger partial charge in [0.1, 0.15) is 34.2 Å². The van der Waals surface area contributed by atoms with Crippen molar-refractivity contribution in [3.63, 3.8) is 0 Å². The van der Waals surface area contributed by atoms with Crippen molar-refractivity contribution in [1.82, 2.24) is 19.7 Å². The van der Waals surface area contributed by atoms with E-state index >= 15 is 0 Å². The highest BCUT2D eigenvalue weighted by molar-refractivity contribution is 7.17. The highest BCUT2D eigenvalue weighted by atomic mass is 35.5. The quantitative estimate of drug-likeness (QED) is 0.0787. The Labute approximate surface area is 334 Å². The Balaban J connectivity index is 1.04. The molecule has 0 unspecified atom stereocenters. The highest BCUT2D eigenvalue weighted by Gasteiger charge is 2.36. The van der Waals surface area contributed by atoms with E-state index in [1.807, 2.05) is 81.1 Å². The molecule has 290 valence electrons. The van der Waals surface area contributed by atoms with Crippen molar-refractivity contribution >= 4 is 51.2 Å². The number of piperidine rings is 1. The molecule has 1 fully saturated rings. The number of amidine groups is 2. The number of thiophene rings is 1. The summed E-state index contributed by atoms with van der Waals surface area (Å²) in [7, 11) is 0. The van der Waals surface area contributed by atoms with Crippen molar-refractivity contribution in [1.29, 1.82) is 10.8 Å². The molecular formula is C42H45ClN8O4S. The number of amides is 1. The van der Waals surface area contributed by atoms with Gasteiger partial charge in [-0.2, -0.15) is 5.10 Å². The van der Waals surface area contributed by atoms with Gasteiger partial charge in [0.25, 0.3) is 0 Å². The minimum Gasteiger partial charge on any atom is -0.508 e. The zero-order valence-electron chi connectivity index (χ0n) is 32.0. The monoisotopic (exact) mass is 792 g/mol. The summed E-state index contributed by atoms with van der Waals surface area (Å²) in [6.45, 7) is 10.8. The summed E-state index contributed by atoms with van der Waals surface area (Å²) in [6.07, 6.45) is 2.47. The van der Waals surface area contributed by atoms with Crippen LogP contribution in [0.3, 0.4) is 0 Å². The molecule has 0 spiro atoms. The van der Waals surface area contributed by atoms with Crippen LogP contribution < -0.4 is 10.6 Å². The maximum Gasteiger partial charge on any atom is 0.348 e. The number of halogens is 1. The lowest BCUT2D eigenvalue weighted by Gasteiger charge is -2.33. The molecule has 5 aromatic rings. The summed E-state index contributed by atoms with van der Waals surface area (Å²) in [5, 5.41) is 46.9. The van der Waals surface area contributed by atoms with E-state index in [0.29, 0.717) is 46.6 Å². The van der Waals surface area contributed by atoms with E-state index in [2.05, 4.69) is 10.2 Å². The first kappa shape index (κ1) is 38.7. The molecular weight excluding hydrogens is 748 g/mol. The molecule has 1 amide bonds. The molecule has 2 aromatic heterocycles. The Bertz CT molecular complexity index is 2420. The molecule has 14 heteroatoms. The minimum absolute atomic E-state index is 0.0101. The Morgan fingerprint density at radius 1 is 1.04 bits per heavy atom. The maximum absolute atomic E-state index is 13.9. The van der Waals surface area contributed by atoms with Gasteiger partial charge in [0.15, 0.2) is 5.82 Å². The fourth-order valence-electron chi connectivity index (χ4n) is 7.64. The average Bonchev–Trinajstić information content (AvgIpc) is 3.64. The molecule has 0 saturated carbocycles. The Kier molecular flexibility index (Phi) is 10.8. The van der Waals surface area contributed by atoms with Crippen molar-refractivity contribution in [2.45, 2.75) is 72.3 Å². The summed E-state index contributed by atoms with van der Waals surface area (Å²) in [5.41, 5.74) is 5.67. The number of nitrogens with zero attached hydrogens (tertiary/aromatic N) is 5. The van der Waals surface area contributed by atoms with Crippen LogP contribution >= 0.6 is 22.9 Å². The minimum atomic E-state index is -0.775. The summed E-state index contributed by atoms with van der Waals surface area (Å²) in [4.78, 5) is 36.5. The van der Waals surface area contributed by atoms with E-state index in [9.17, 15) is 25.2 Å². The van der Waals surface area contributed by atoms with E-state index in [1.165, 1.54) is 22.0 Å². The lowest BCUT2D eigenvalue weighted by Crippen LogP contribution is -2.44. The lowest BCUT2D eigenvalue weighted by atomic mass is 9.90. The third-order valence-electron chi connectivity index (χ3n) is 10.8. The van der Waals surface area contributed by atoms with Gasteiger partial charge in [-0.3, -0.25) is 25.5 Å². The van der Waals surface area contributed by atoms with Crippen LogP contribution in [-0.4, -0.2) is 72.3 Å². The number of hydrogen-bond acceptors (Lipinski definition) is 9. The number of carbonyl (C=O) groups excluding carboxylic acids is 1. The molecule has 0 aliphatic carbocycles. The molecule has 4 heterocycles. The van der Waals surface area contributed by atoms with Crippen LogP contribution in [-0.2, 0) is 11.2 Å². The van der Waals surface area contributed by atoms with E-state index in [4.69, 9.17) is 22.0 Å². The van der Waals surface area contributed by atoms with Crippen LogP contribution in [0.2, 0.25) is 5.02 Å². The topological polar surface area (TPSA) is 175 Å². The second-order valence-corrected chi connectivity index (χ2v) is 16.6. The van der Waals surface area contributed by atoms with Gasteiger partial charge >= 0.3 is 5.69 Å². The van der Waals surface area contributed by atoms with Crippen LogP contribution in [0.15, 0.2) is 70.5 Å². The second kappa shape index (κ2) is 15.5. The van der Waals surface area contributed by atoms with Crippen LogP contribution in [0.5, 0.6) is 11.5 Å². The average molecular weight is 793 g/mol. The van der Waals surface area contributed by atoms with Gasteiger partial charge in [-0.25, -0.2) is 14.5 Å². The van der Waals surface area contributed by atoms with Crippen LogP contribution in [0, 0.1) is 30.6 Å². The zero-order valence-corrected chi connectivity index (χ0v) is 33.6. The molecule has 2 aliphatic heterocycles. The third kappa shape index (κ3) is 7.40. The number of phenols is 2. The number of aromatic nitrogens is 3. The predicted molar refractivity (Wildman–Crippen MR) is 223 cm³/mol. The van der Waals surface area contributed by atoms with Crippen molar-refractivity contribution in [3.05, 3.63) is 109 Å². The summed E-state index contributed by atoms with van der Waals surface area (Å²) < 4.78 is 1.41. The number of hydrogen-bond donors (Lipinski definition) is 5. The van der Waals surface area contributed by atoms with Crippen LogP contribution in [0.4, 0.5) is 5.00 Å². The van der Waals surface area contributed by atoms with Crippen molar-refractivity contribution in [2.24, 2.45) is 10.9 Å². The normalized spacial score (nSPS) is 16.2. The first-order valence-electron chi connectivity index (χ1n) is 18.7. The summed E-state index contributed by atoms with van der Waals surface area (Å²) in [6, 6.07) is 17.3. The Morgan fingerprint density at radius 3 is 2.36 bits per heavy atom. The lowest BCUT2D eigenvalue weighted by molar-refractivity contribution is -0.132. The number of rotatable bonds is 8. The predicted octanol–water partition coefficient (Wildman–Crippen LogP) is 7.97. The smallest absolute Gasteiger partial charge is 0.348 e. The van der Waals surface area contributed by atoms with Crippen LogP contribution in [0.25, 0.3) is 17.1 Å². The fraction of sp³-hybridized carbons (Fsp3) is 0.333. The fourth-order valence-corrected chi connectivity index (χ4v) is 8.98. The second-order valence-electron chi connectivity index (χ2n) is 14.9. The van der Waals surface area contributed by atoms with E-state index in [1.54, 1.807) is 17.9 Å². The van der Waals surface area contributed by atoms with Gasteiger partial charge < -0.3 is 15.1 Å². The molecule has 12 nitrogen and oxygen atoms in total. The van der Waals surface area contributed by atoms with Crippen molar-refractivity contribution < 1.29 is 15.0 Å². The van der Waals surface area contributed by atoms with Crippen molar-refractivity contribution in [2.75, 3.05) is 18.0 Å². The number of aromatic hydroxyl groups is 2. The molecule has 1 atom stereocenters. The molecule has 0 bridgehead atoms. The number of benzene rings is 3. The molecule has 1 saturated heterocycles. The first-order chi connectivity index (χ1) is 26.7. The number of aliphatic imine (C=N–C) groups is 1. The SMILES string of the molecule is CC(=N)N1C(=N)[C@H](CC(=O)N2CCC(Cc3ccc(-n4c(-c5cc(C(C)C)c(O)cc5O)n[nH]c4=O)cc3)CC2)N=C(c2ccc(Cl)cc2)c2c1sc(C)c2C. The molecule has 2 aliphatic rings. The molecule has 5 N–H and O–H groups in total. The maximum atomic E-state index is 13.9. The van der Waals surface area contributed by atoms with E-state index in [-0.39, 0.29) is 47.2 Å². The largest absolute Gasteiger partial charge is 0.508 e.